The summed E-state index contributed by atoms with van der Waals surface area (Å²) < 4.78 is 5.05. The Morgan fingerprint density at radius 1 is 1.60 bits per heavy atom. The Balaban J connectivity index is 2.11. The van der Waals surface area contributed by atoms with Crippen LogP contribution in [0.5, 0.6) is 0 Å². The molecule has 0 spiro atoms. The molecule has 0 aromatic heterocycles. The van der Waals surface area contributed by atoms with Gasteiger partial charge in [0.1, 0.15) is 11.2 Å². The molecule has 1 aromatic rings. The number of nitrogens with zero attached hydrogens (tertiary/aromatic N) is 1. The lowest BCUT2D eigenvalue weighted by Crippen LogP contribution is -2.43. The maximum Gasteiger partial charge on any atom is 0.283 e. The molecule has 1 aliphatic rings. The number of rotatable bonds is 4. The molecule has 7 nitrogen and oxygen atoms in total. The summed E-state index contributed by atoms with van der Waals surface area (Å²) in [5, 5.41) is 23.6. The molecule has 1 heterocycles. The summed E-state index contributed by atoms with van der Waals surface area (Å²) in [7, 11) is 0. The molecule has 1 aliphatic heterocycles. The molecule has 1 saturated heterocycles. The second-order valence-electron chi connectivity index (χ2n) is 4.63. The first kappa shape index (κ1) is 14.7. The first-order valence-electron chi connectivity index (χ1n) is 5.94. The van der Waals surface area contributed by atoms with E-state index in [0.29, 0.717) is 13.0 Å². The first-order valence-corrected chi connectivity index (χ1v) is 6.31. The predicted molar refractivity (Wildman–Crippen MR) is 70.8 cm³/mol. The minimum Gasteiger partial charge on any atom is -0.386 e. The number of amides is 1. The van der Waals surface area contributed by atoms with Crippen molar-refractivity contribution in [1.82, 2.24) is 5.32 Å². The van der Waals surface area contributed by atoms with E-state index in [2.05, 4.69) is 5.32 Å². The van der Waals surface area contributed by atoms with Crippen molar-refractivity contribution in [2.75, 3.05) is 19.8 Å². The molecule has 0 radical (unpaired) electrons. The highest BCUT2D eigenvalue weighted by molar-refractivity contribution is 6.31. The summed E-state index contributed by atoms with van der Waals surface area (Å²) in [4.78, 5) is 22.2. The van der Waals surface area contributed by atoms with E-state index in [4.69, 9.17) is 16.3 Å². The molecule has 1 unspecified atom stereocenters. The number of ether oxygens (including phenoxy) is 1. The largest absolute Gasteiger partial charge is 0.386 e. The Morgan fingerprint density at radius 2 is 2.35 bits per heavy atom. The molecule has 2 rings (SSSR count). The van der Waals surface area contributed by atoms with Crippen LogP contribution < -0.4 is 5.32 Å². The molecule has 0 bridgehead atoms. The summed E-state index contributed by atoms with van der Waals surface area (Å²) in [6.07, 6.45) is 0.413. The molecule has 20 heavy (non-hydrogen) atoms. The highest BCUT2D eigenvalue weighted by atomic mass is 35.5. The molecule has 0 saturated carbocycles. The van der Waals surface area contributed by atoms with Gasteiger partial charge in [-0.25, -0.2) is 0 Å². The third-order valence-corrected chi connectivity index (χ3v) is 3.30. The molecule has 8 heteroatoms. The van der Waals surface area contributed by atoms with E-state index in [9.17, 15) is 20.0 Å². The fraction of sp³-hybridized carbons (Fsp3) is 0.417. The van der Waals surface area contributed by atoms with Crippen LogP contribution >= 0.6 is 11.6 Å². The van der Waals surface area contributed by atoms with E-state index in [1.807, 2.05) is 0 Å². The van der Waals surface area contributed by atoms with Crippen molar-refractivity contribution in [3.05, 3.63) is 38.9 Å². The van der Waals surface area contributed by atoms with Gasteiger partial charge in [0, 0.05) is 30.7 Å². The molecule has 1 aromatic carbocycles. The van der Waals surface area contributed by atoms with Crippen LogP contribution in [0.25, 0.3) is 0 Å². The number of hydrogen-bond donors (Lipinski definition) is 2. The van der Waals surface area contributed by atoms with E-state index in [1.54, 1.807) is 0 Å². The van der Waals surface area contributed by atoms with Gasteiger partial charge in [0.25, 0.3) is 11.6 Å². The van der Waals surface area contributed by atoms with Crippen LogP contribution in [0.1, 0.15) is 16.8 Å². The Morgan fingerprint density at radius 3 is 2.95 bits per heavy atom. The van der Waals surface area contributed by atoms with Crippen molar-refractivity contribution in [1.29, 1.82) is 0 Å². The van der Waals surface area contributed by atoms with Gasteiger partial charge >= 0.3 is 0 Å². The Labute approximate surface area is 119 Å². The van der Waals surface area contributed by atoms with Gasteiger partial charge in [-0.05, 0) is 12.1 Å². The lowest BCUT2D eigenvalue weighted by atomic mass is 10.0. The lowest BCUT2D eigenvalue weighted by Gasteiger charge is -2.20. The molecule has 0 aliphatic carbocycles. The van der Waals surface area contributed by atoms with Gasteiger partial charge in [-0.2, -0.15) is 0 Å². The topological polar surface area (TPSA) is 102 Å². The van der Waals surface area contributed by atoms with E-state index >= 15 is 0 Å². The van der Waals surface area contributed by atoms with Crippen molar-refractivity contribution in [2.24, 2.45) is 0 Å². The fourth-order valence-electron chi connectivity index (χ4n) is 1.92. The van der Waals surface area contributed by atoms with Gasteiger partial charge in [0.2, 0.25) is 0 Å². The number of carbonyl (C=O) groups excluding carboxylic acids is 1. The van der Waals surface area contributed by atoms with E-state index < -0.39 is 16.4 Å². The number of aliphatic hydroxyl groups is 1. The van der Waals surface area contributed by atoms with Crippen molar-refractivity contribution >= 4 is 23.2 Å². The SMILES string of the molecule is O=C(NCC1(O)CCOC1)c1ccc(Cl)cc1[N+](=O)[O-]. The summed E-state index contributed by atoms with van der Waals surface area (Å²) >= 11 is 5.68. The maximum absolute atomic E-state index is 12.0. The Bertz CT molecular complexity index is 543. The van der Waals surface area contributed by atoms with E-state index in [-0.39, 0.29) is 29.4 Å². The Hall–Kier alpha value is -1.70. The lowest BCUT2D eigenvalue weighted by molar-refractivity contribution is -0.385. The first-order chi connectivity index (χ1) is 9.41. The van der Waals surface area contributed by atoms with Crippen LogP contribution in [0.4, 0.5) is 5.69 Å². The molecule has 2 N–H and O–H groups in total. The van der Waals surface area contributed by atoms with Crippen LogP contribution in [-0.4, -0.2) is 41.3 Å². The van der Waals surface area contributed by atoms with E-state index in [0.717, 1.165) is 6.07 Å². The number of benzene rings is 1. The van der Waals surface area contributed by atoms with Gasteiger partial charge in [-0.3, -0.25) is 14.9 Å². The molecule has 1 amide bonds. The standard InChI is InChI=1S/C12H13ClN2O5/c13-8-1-2-9(10(5-8)15(18)19)11(16)14-6-12(17)3-4-20-7-12/h1-2,5,17H,3-4,6-7H2,(H,14,16). The zero-order chi connectivity index (χ0) is 14.8. The molecule has 1 atom stereocenters. The van der Waals surface area contributed by atoms with Gasteiger partial charge < -0.3 is 15.2 Å². The minimum absolute atomic E-state index is 0.0222. The average molecular weight is 301 g/mol. The van der Waals surface area contributed by atoms with Crippen molar-refractivity contribution < 1.29 is 19.6 Å². The fourth-order valence-corrected chi connectivity index (χ4v) is 2.09. The minimum atomic E-state index is -1.11. The smallest absolute Gasteiger partial charge is 0.283 e. The second kappa shape index (κ2) is 5.74. The van der Waals surface area contributed by atoms with Crippen molar-refractivity contribution in [3.63, 3.8) is 0 Å². The predicted octanol–water partition coefficient (Wildman–Crippen LogP) is 1.13. The molecule has 108 valence electrons. The zero-order valence-electron chi connectivity index (χ0n) is 10.5. The number of nitrogens with one attached hydrogen (secondary N) is 1. The number of nitro groups is 1. The summed E-state index contributed by atoms with van der Waals surface area (Å²) in [6.45, 7) is 0.537. The number of halogens is 1. The van der Waals surface area contributed by atoms with Crippen LogP contribution in [-0.2, 0) is 4.74 Å². The van der Waals surface area contributed by atoms with Gasteiger partial charge in [-0.1, -0.05) is 11.6 Å². The monoisotopic (exact) mass is 300 g/mol. The van der Waals surface area contributed by atoms with Crippen LogP contribution in [0, 0.1) is 10.1 Å². The van der Waals surface area contributed by atoms with Crippen LogP contribution in [0.3, 0.4) is 0 Å². The third-order valence-electron chi connectivity index (χ3n) is 3.06. The van der Waals surface area contributed by atoms with Crippen LogP contribution in [0.15, 0.2) is 18.2 Å². The number of carbonyl (C=O) groups is 1. The van der Waals surface area contributed by atoms with Crippen molar-refractivity contribution in [2.45, 2.75) is 12.0 Å². The number of nitro benzene ring substituents is 1. The highest BCUT2D eigenvalue weighted by Crippen LogP contribution is 2.23. The average Bonchev–Trinajstić information content (AvgIpc) is 2.83. The third kappa shape index (κ3) is 3.24. The maximum atomic E-state index is 12.0. The summed E-state index contributed by atoms with van der Waals surface area (Å²) in [5.41, 5.74) is -1.58. The highest BCUT2D eigenvalue weighted by Gasteiger charge is 2.33. The normalized spacial score (nSPS) is 21.7. The van der Waals surface area contributed by atoms with Crippen molar-refractivity contribution in [3.8, 4) is 0 Å². The molecule has 1 fully saturated rings. The van der Waals surface area contributed by atoms with Crippen LogP contribution in [0.2, 0.25) is 5.02 Å². The van der Waals surface area contributed by atoms with Gasteiger partial charge in [-0.15, -0.1) is 0 Å². The molecular weight excluding hydrogens is 288 g/mol. The Kier molecular flexibility index (Phi) is 4.22. The zero-order valence-corrected chi connectivity index (χ0v) is 11.2. The molecular formula is C12H13ClN2O5. The quantitative estimate of drug-likeness (QED) is 0.641. The van der Waals surface area contributed by atoms with Gasteiger partial charge in [0.15, 0.2) is 0 Å². The number of hydrogen-bond acceptors (Lipinski definition) is 5. The van der Waals surface area contributed by atoms with E-state index in [1.165, 1.54) is 12.1 Å². The second-order valence-corrected chi connectivity index (χ2v) is 5.06. The van der Waals surface area contributed by atoms with Gasteiger partial charge in [0.05, 0.1) is 11.5 Å². The summed E-state index contributed by atoms with van der Waals surface area (Å²) in [5.74, 6) is -0.631. The summed E-state index contributed by atoms with van der Waals surface area (Å²) in [6, 6.07) is 3.80.